The standard InChI is InChI=1S/C21H29ClN2O4/c1-2-24(18-7-4-3-5-8-18)19(25)15-28-20(26)9-6-14-23-21(27)16-10-12-17(22)13-11-16/h10-13,18H,2-9,14-15H2,1H3,(H,23,27). The van der Waals surface area contributed by atoms with Crippen molar-refractivity contribution in [2.45, 2.75) is 57.9 Å². The number of likely N-dealkylation sites (N-methyl/N-ethyl adjacent to an activating group) is 1. The molecular weight excluding hydrogens is 380 g/mol. The molecule has 154 valence electrons. The average molecular weight is 409 g/mol. The predicted molar refractivity (Wildman–Crippen MR) is 108 cm³/mol. The monoisotopic (exact) mass is 408 g/mol. The van der Waals surface area contributed by atoms with Crippen molar-refractivity contribution in [3.8, 4) is 0 Å². The summed E-state index contributed by atoms with van der Waals surface area (Å²) in [5, 5.41) is 3.31. The summed E-state index contributed by atoms with van der Waals surface area (Å²) in [6.45, 7) is 2.74. The van der Waals surface area contributed by atoms with Gasteiger partial charge in [0.25, 0.3) is 11.8 Å². The van der Waals surface area contributed by atoms with E-state index in [1.165, 1.54) is 6.42 Å². The van der Waals surface area contributed by atoms with E-state index >= 15 is 0 Å². The summed E-state index contributed by atoms with van der Waals surface area (Å²) in [6.07, 6.45) is 6.19. The first-order chi connectivity index (χ1) is 13.5. The van der Waals surface area contributed by atoms with Gasteiger partial charge in [-0.3, -0.25) is 14.4 Å². The minimum absolute atomic E-state index is 0.126. The van der Waals surface area contributed by atoms with Gasteiger partial charge in [0.15, 0.2) is 6.61 Å². The van der Waals surface area contributed by atoms with Crippen LogP contribution < -0.4 is 5.32 Å². The molecule has 0 heterocycles. The zero-order chi connectivity index (χ0) is 20.4. The Morgan fingerprint density at radius 3 is 2.46 bits per heavy atom. The molecule has 6 nitrogen and oxygen atoms in total. The Balaban J connectivity index is 1.63. The Kier molecular flexibility index (Phi) is 9.28. The van der Waals surface area contributed by atoms with Crippen LogP contribution in [0.2, 0.25) is 5.02 Å². The molecule has 1 N–H and O–H groups in total. The van der Waals surface area contributed by atoms with Gasteiger partial charge < -0.3 is 15.0 Å². The molecule has 0 radical (unpaired) electrons. The maximum absolute atomic E-state index is 12.4. The van der Waals surface area contributed by atoms with E-state index in [9.17, 15) is 14.4 Å². The largest absolute Gasteiger partial charge is 0.456 e. The fourth-order valence-corrected chi connectivity index (χ4v) is 3.59. The van der Waals surface area contributed by atoms with Crippen LogP contribution >= 0.6 is 11.6 Å². The summed E-state index contributed by atoms with van der Waals surface area (Å²) in [5.74, 6) is -0.765. The van der Waals surface area contributed by atoms with Gasteiger partial charge in [-0.05, 0) is 50.5 Å². The van der Waals surface area contributed by atoms with Crippen LogP contribution in [0.25, 0.3) is 0 Å². The number of carbonyl (C=O) groups is 3. The van der Waals surface area contributed by atoms with Crippen LogP contribution in [-0.4, -0.2) is 48.4 Å². The lowest BCUT2D eigenvalue weighted by Gasteiger charge is -2.33. The van der Waals surface area contributed by atoms with Crippen LogP contribution in [0.5, 0.6) is 0 Å². The van der Waals surface area contributed by atoms with Crippen molar-refractivity contribution in [1.29, 1.82) is 0 Å². The molecule has 0 spiro atoms. The number of carbonyl (C=O) groups excluding carboxylic acids is 3. The van der Waals surface area contributed by atoms with Crippen molar-refractivity contribution in [3.63, 3.8) is 0 Å². The number of nitrogens with zero attached hydrogens (tertiary/aromatic N) is 1. The lowest BCUT2D eigenvalue weighted by atomic mass is 9.94. The third-order valence-electron chi connectivity index (χ3n) is 4.98. The predicted octanol–water partition coefficient (Wildman–Crippen LogP) is 3.57. The number of hydrogen-bond donors (Lipinski definition) is 1. The highest BCUT2D eigenvalue weighted by Gasteiger charge is 2.24. The number of rotatable bonds is 9. The van der Waals surface area contributed by atoms with E-state index in [1.54, 1.807) is 24.3 Å². The molecule has 2 rings (SSSR count). The van der Waals surface area contributed by atoms with Gasteiger partial charge in [0.05, 0.1) is 0 Å². The van der Waals surface area contributed by atoms with Crippen LogP contribution in [0.3, 0.4) is 0 Å². The maximum Gasteiger partial charge on any atom is 0.306 e. The summed E-state index contributed by atoms with van der Waals surface area (Å²) in [6, 6.07) is 6.86. The number of amides is 2. The van der Waals surface area contributed by atoms with Gasteiger partial charge >= 0.3 is 5.97 Å². The van der Waals surface area contributed by atoms with Gasteiger partial charge in [0.2, 0.25) is 0 Å². The summed E-state index contributed by atoms with van der Waals surface area (Å²) in [5.41, 5.74) is 0.514. The van der Waals surface area contributed by atoms with Gasteiger partial charge in [-0.2, -0.15) is 0 Å². The molecule has 0 unspecified atom stereocenters. The molecule has 1 fully saturated rings. The van der Waals surface area contributed by atoms with Crippen molar-refractivity contribution >= 4 is 29.4 Å². The average Bonchev–Trinajstić information content (AvgIpc) is 2.71. The Morgan fingerprint density at radius 2 is 1.82 bits per heavy atom. The summed E-state index contributed by atoms with van der Waals surface area (Å²) >= 11 is 5.79. The molecule has 7 heteroatoms. The quantitative estimate of drug-likeness (QED) is 0.500. The molecule has 2 amide bonds. The third kappa shape index (κ3) is 7.15. The van der Waals surface area contributed by atoms with Crippen LogP contribution in [-0.2, 0) is 14.3 Å². The molecule has 1 aliphatic carbocycles. The normalized spacial score (nSPS) is 14.4. The first kappa shape index (κ1) is 22.2. The highest BCUT2D eigenvalue weighted by Crippen LogP contribution is 2.22. The topological polar surface area (TPSA) is 75.7 Å². The van der Waals surface area contributed by atoms with E-state index in [-0.39, 0.29) is 30.9 Å². The fraction of sp³-hybridized carbons (Fsp3) is 0.571. The first-order valence-corrected chi connectivity index (χ1v) is 10.4. The third-order valence-corrected chi connectivity index (χ3v) is 5.23. The summed E-state index contributed by atoms with van der Waals surface area (Å²) in [7, 11) is 0. The van der Waals surface area contributed by atoms with Gasteiger partial charge in [-0.15, -0.1) is 0 Å². The van der Waals surface area contributed by atoms with E-state index in [4.69, 9.17) is 16.3 Å². The fourth-order valence-electron chi connectivity index (χ4n) is 3.47. The highest BCUT2D eigenvalue weighted by atomic mass is 35.5. The second-order valence-electron chi connectivity index (χ2n) is 7.00. The molecule has 1 aromatic carbocycles. The van der Waals surface area contributed by atoms with Gasteiger partial charge in [0.1, 0.15) is 0 Å². The molecule has 0 aliphatic heterocycles. The van der Waals surface area contributed by atoms with Gasteiger partial charge in [-0.1, -0.05) is 30.9 Å². The number of benzene rings is 1. The Hall–Kier alpha value is -2.08. The molecule has 1 aromatic rings. The number of hydrogen-bond acceptors (Lipinski definition) is 4. The lowest BCUT2D eigenvalue weighted by molar-refractivity contribution is -0.153. The van der Waals surface area contributed by atoms with Crippen molar-refractivity contribution in [2.75, 3.05) is 19.7 Å². The Labute approximate surface area is 171 Å². The number of halogens is 1. The van der Waals surface area contributed by atoms with Crippen LogP contribution in [0, 0.1) is 0 Å². The van der Waals surface area contributed by atoms with E-state index in [0.29, 0.717) is 30.1 Å². The molecule has 1 saturated carbocycles. The summed E-state index contributed by atoms with van der Waals surface area (Å²) < 4.78 is 5.12. The van der Waals surface area contributed by atoms with Crippen LogP contribution in [0.1, 0.15) is 62.2 Å². The van der Waals surface area contributed by atoms with E-state index in [1.807, 2.05) is 11.8 Å². The molecule has 0 bridgehead atoms. The highest BCUT2D eigenvalue weighted by molar-refractivity contribution is 6.30. The molecule has 0 aromatic heterocycles. The van der Waals surface area contributed by atoms with Gasteiger partial charge in [0, 0.05) is 36.1 Å². The molecule has 28 heavy (non-hydrogen) atoms. The molecular formula is C21H29ClN2O4. The Bertz CT molecular complexity index is 657. The van der Waals surface area contributed by atoms with E-state index < -0.39 is 5.97 Å². The van der Waals surface area contributed by atoms with E-state index in [2.05, 4.69) is 5.32 Å². The van der Waals surface area contributed by atoms with Crippen LogP contribution in [0.15, 0.2) is 24.3 Å². The smallest absolute Gasteiger partial charge is 0.306 e. The first-order valence-electron chi connectivity index (χ1n) is 10.00. The summed E-state index contributed by atoms with van der Waals surface area (Å²) in [4.78, 5) is 38.0. The molecule has 1 aliphatic rings. The zero-order valence-corrected chi connectivity index (χ0v) is 17.2. The number of ether oxygens (including phenoxy) is 1. The SMILES string of the molecule is CCN(C(=O)COC(=O)CCCNC(=O)c1ccc(Cl)cc1)C1CCCCC1. The minimum Gasteiger partial charge on any atom is -0.456 e. The zero-order valence-electron chi connectivity index (χ0n) is 16.4. The maximum atomic E-state index is 12.4. The molecule has 0 saturated heterocycles. The number of nitrogens with one attached hydrogen (secondary N) is 1. The lowest BCUT2D eigenvalue weighted by Crippen LogP contribution is -2.43. The number of esters is 1. The van der Waals surface area contributed by atoms with Crippen LogP contribution in [0.4, 0.5) is 0 Å². The van der Waals surface area contributed by atoms with Crippen molar-refractivity contribution < 1.29 is 19.1 Å². The molecule has 0 atom stereocenters. The Morgan fingerprint density at radius 1 is 1.14 bits per heavy atom. The van der Waals surface area contributed by atoms with Crippen molar-refractivity contribution in [3.05, 3.63) is 34.9 Å². The second-order valence-corrected chi connectivity index (χ2v) is 7.44. The van der Waals surface area contributed by atoms with Crippen molar-refractivity contribution in [1.82, 2.24) is 10.2 Å². The minimum atomic E-state index is -0.422. The van der Waals surface area contributed by atoms with E-state index in [0.717, 1.165) is 25.7 Å². The van der Waals surface area contributed by atoms with Gasteiger partial charge in [-0.25, -0.2) is 0 Å². The van der Waals surface area contributed by atoms with Crippen molar-refractivity contribution in [2.24, 2.45) is 0 Å². The second kappa shape index (κ2) is 11.7.